The van der Waals surface area contributed by atoms with E-state index in [9.17, 15) is 13.2 Å². The average Bonchev–Trinajstić information content (AvgIpc) is 3.09. The number of fused-ring (bicyclic) bond motifs is 1. The summed E-state index contributed by atoms with van der Waals surface area (Å²) in [6.45, 7) is 7.77. The van der Waals surface area contributed by atoms with Gasteiger partial charge in [0.1, 0.15) is 0 Å². The first-order chi connectivity index (χ1) is 15.2. The molecule has 2 saturated carbocycles. The van der Waals surface area contributed by atoms with Gasteiger partial charge in [-0.15, -0.1) is 13.2 Å². The van der Waals surface area contributed by atoms with Crippen LogP contribution in [0.5, 0.6) is 5.75 Å². The van der Waals surface area contributed by atoms with Crippen molar-refractivity contribution in [3.63, 3.8) is 0 Å². The smallest absolute Gasteiger partial charge is 0.402 e. The molecule has 2 unspecified atom stereocenters. The molecular weight excluding hydrogens is 423 g/mol. The summed E-state index contributed by atoms with van der Waals surface area (Å²) < 4.78 is 49.6. The van der Waals surface area contributed by atoms with Gasteiger partial charge in [-0.05, 0) is 50.7 Å². The highest BCUT2D eigenvalue weighted by Gasteiger charge is 2.58. The Morgan fingerprint density at radius 3 is 2.47 bits per heavy atom. The molecule has 3 fully saturated rings. The van der Waals surface area contributed by atoms with Gasteiger partial charge in [-0.1, -0.05) is 0 Å². The molecule has 0 spiro atoms. The van der Waals surface area contributed by atoms with Crippen LogP contribution < -0.4 is 10.5 Å². The number of halogens is 3. The first-order valence-electron chi connectivity index (χ1n) is 11.1. The van der Waals surface area contributed by atoms with E-state index < -0.39 is 12.1 Å². The average molecular weight is 451 g/mol. The third-order valence-electron chi connectivity index (χ3n) is 6.98. The lowest BCUT2D eigenvalue weighted by Crippen LogP contribution is -2.43. The maximum Gasteiger partial charge on any atom is 0.573 e. The number of nitrogens with two attached hydrogens (primary N) is 1. The van der Waals surface area contributed by atoms with Crippen molar-refractivity contribution in [2.45, 2.75) is 51.1 Å². The Morgan fingerprint density at radius 2 is 1.84 bits per heavy atom. The minimum atomic E-state index is -4.83. The van der Waals surface area contributed by atoms with Crippen LogP contribution in [0.3, 0.4) is 0 Å². The number of aromatic nitrogens is 3. The molecule has 0 radical (unpaired) electrons. The summed E-state index contributed by atoms with van der Waals surface area (Å²) in [4.78, 5) is 6.45. The fourth-order valence-corrected chi connectivity index (χ4v) is 5.51. The monoisotopic (exact) mass is 451 g/mol. The van der Waals surface area contributed by atoms with E-state index in [0.29, 0.717) is 35.1 Å². The molecule has 10 heteroatoms. The van der Waals surface area contributed by atoms with E-state index in [4.69, 9.17) is 15.6 Å². The zero-order chi connectivity index (χ0) is 22.6. The Kier molecular flexibility index (Phi) is 5.32. The highest BCUT2D eigenvalue weighted by molar-refractivity contribution is 5.64. The lowest BCUT2D eigenvalue weighted by molar-refractivity contribution is -0.274. The standard InChI is InChI=1S/C22H28F3N5O2/c1-12(2)30-18(20-15-8-14(9-16(15)20)29-3-5-31-6-4-29)10-17(28-30)13-7-19(21(26)27-11-13)32-22(23,24)25/h7,10-12,14-16,20H,3-6,8-9H2,1-2H3,(H2,26,27). The van der Waals surface area contributed by atoms with Gasteiger partial charge in [0.15, 0.2) is 11.6 Å². The molecule has 2 atom stereocenters. The van der Waals surface area contributed by atoms with Crippen molar-refractivity contribution < 1.29 is 22.6 Å². The van der Waals surface area contributed by atoms with Gasteiger partial charge in [0.2, 0.25) is 0 Å². The summed E-state index contributed by atoms with van der Waals surface area (Å²) >= 11 is 0. The van der Waals surface area contributed by atoms with E-state index in [1.165, 1.54) is 25.1 Å². The van der Waals surface area contributed by atoms with Crippen molar-refractivity contribution >= 4 is 5.82 Å². The van der Waals surface area contributed by atoms with E-state index >= 15 is 0 Å². The van der Waals surface area contributed by atoms with Crippen molar-refractivity contribution in [3.05, 3.63) is 24.0 Å². The van der Waals surface area contributed by atoms with Crippen LogP contribution in [0.2, 0.25) is 0 Å². The van der Waals surface area contributed by atoms with Crippen LogP contribution in [0.25, 0.3) is 11.3 Å². The fraction of sp³-hybridized carbons (Fsp3) is 0.636. The number of hydrogen-bond acceptors (Lipinski definition) is 6. The van der Waals surface area contributed by atoms with Gasteiger partial charge in [-0.3, -0.25) is 9.58 Å². The molecule has 2 N–H and O–H groups in total. The summed E-state index contributed by atoms with van der Waals surface area (Å²) in [5.74, 6) is 0.911. The van der Waals surface area contributed by atoms with Crippen LogP contribution in [0, 0.1) is 11.8 Å². The van der Waals surface area contributed by atoms with E-state index in [1.807, 2.05) is 10.7 Å². The summed E-state index contributed by atoms with van der Waals surface area (Å²) in [7, 11) is 0. The Morgan fingerprint density at radius 1 is 1.16 bits per heavy atom. The largest absolute Gasteiger partial charge is 0.573 e. The van der Waals surface area contributed by atoms with Crippen molar-refractivity contribution in [1.29, 1.82) is 0 Å². The van der Waals surface area contributed by atoms with Gasteiger partial charge in [0.25, 0.3) is 0 Å². The highest BCUT2D eigenvalue weighted by Crippen LogP contribution is 2.64. The number of nitrogens with zero attached hydrogens (tertiary/aromatic N) is 4. The van der Waals surface area contributed by atoms with Gasteiger partial charge < -0.3 is 15.2 Å². The molecule has 0 aromatic carbocycles. The summed E-state index contributed by atoms with van der Waals surface area (Å²) in [6, 6.07) is 4.03. The molecule has 2 aliphatic carbocycles. The van der Waals surface area contributed by atoms with Gasteiger partial charge in [0, 0.05) is 48.5 Å². The number of morpholine rings is 1. The maximum atomic E-state index is 12.7. The molecule has 2 aromatic heterocycles. The SMILES string of the molecule is CC(C)n1nc(-c2cnc(N)c(OC(F)(F)F)c2)cc1C1C2CC(N3CCOCC3)CC21. The second-order valence-electron chi connectivity index (χ2n) is 9.27. The van der Waals surface area contributed by atoms with Crippen LogP contribution in [0.1, 0.15) is 44.3 Å². The lowest BCUT2D eigenvalue weighted by atomic mass is 10.0. The number of nitrogen functional groups attached to an aromatic ring is 1. The minimum Gasteiger partial charge on any atom is -0.402 e. The number of ether oxygens (including phenoxy) is 2. The first-order valence-corrected chi connectivity index (χ1v) is 11.1. The van der Waals surface area contributed by atoms with Gasteiger partial charge in [0.05, 0.1) is 18.9 Å². The fourth-order valence-electron chi connectivity index (χ4n) is 5.51. The second-order valence-corrected chi connectivity index (χ2v) is 9.27. The molecule has 5 rings (SSSR count). The molecule has 3 heterocycles. The van der Waals surface area contributed by atoms with E-state index in [-0.39, 0.29) is 11.9 Å². The van der Waals surface area contributed by atoms with Gasteiger partial charge >= 0.3 is 6.36 Å². The number of rotatable bonds is 5. The van der Waals surface area contributed by atoms with Crippen LogP contribution >= 0.6 is 0 Å². The van der Waals surface area contributed by atoms with E-state index in [1.54, 1.807) is 0 Å². The number of hydrogen-bond donors (Lipinski definition) is 1. The van der Waals surface area contributed by atoms with Crippen molar-refractivity contribution in [1.82, 2.24) is 19.7 Å². The Labute approximate surface area is 184 Å². The molecule has 1 aliphatic heterocycles. The maximum absolute atomic E-state index is 12.7. The van der Waals surface area contributed by atoms with Crippen LogP contribution in [-0.2, 0) is 4.74 Å². The summed E-state index contributed by atoms with van der Waals surface area (Å²) in [5.41, 5.74) is 7.77. The summed E-state index contributed by atoms with van der Waals surface area (Å²) in [6.07, 6.45) is -1.03. The second kappa shape index (κ2) is 7.91. The van der Waals surface area contributed by atoms with Crippen LogP contribution in [0.4, 0.5) is 19.0 Å². The van der Waals surface area contributed by atoms with Crippen molar-refractivity contribution in [2.75, 3.05) is 32.0 Å². The molecule has 0 amide bonds. The topological polar surface area (TPSA) is 78.4 Å². The first kappa shape index (κ1) is 21.5. The quantitative estimate of drug-likeness (QED) is 0.745. The minimum absolute atomic E-state index is 0.141. The molecule has 2 aromatic rings. The number of alkyl halides is 3. The van der Waals surface area contributed by atoms with Gasteiger partial charge in [-0.25, -0.2) is 4.98 Å². The molecule has 3 aliphatic rings. The lowest BCUT2D eigenvalue weighted by Gasteiger charge is -2.33. The normalized spacial score (nSPS) is 28.2. The zero-order valence-corrected chi connectivity index (χ0v) is 18.2. The molecule has 1 saturated heterocycles. The zero-order valence-electron chi connectivity index (χ0n) is 18.2. The molecule has 32 heavy (non-hydrogen) atoms. The molecule has 174 valence electrons. The predicted octanol–water partition coefficient (Wildman–Crippen LogP) is 3.83. The van der Waals surface area contributed by atoms with E-state index in [0.717, 1.165) is 32.0 Å². The number of anilines is 1. The summed E-state index contributed by atoms with van der Waals surface area (Å²) in [5, 5.41) is 4.72. The third kappa shape index (κ3) is 4.05. The van der Waals surface area contributed by atoms with Crippen LogP contribution in [-0.4, -0.2) is 58.4 Å². The Hall–Kier alpha value is -2.33. The third-order valence-corrected chi connectivity index (χ3v) is 6.98. The molecular formula is C22H28F3N5O2. The Balaban J connectivity index is 1.36. The van der Waals surface area contributed by atoms with Crippen molar-refractivity contribution in [2.24, 2.45) is 11.8 Å². The molecule has 7 nitrogen and oxygen atoms in total. The van der Waals surface area contributed by atoms with E-state index in [2.05, 4.69) is 28.5 Å². The molecule has 0 bridgehead atoms. The van der Waals surface area contributed by atoms with Crippen LogP contribution in [0.15, 0.2) is 18.3 Å². The highest BCUT2D eigenvalue weighted by atomic mass is 19.4. The van der Waals surface area contributed by atoms with Gasteiger partial charge in [-0.2, -0.15) is 5.10 Å². The predicted molar refractivity (Wildman–Crippen MR) is 112 cm³/mol. The Bertz CT molecular complexity index is 974. The number of pyridine rings is 1. The van der Waals surface area contributed by atoms with Crippen molar-refractivity contribution in [3.8, 4) is 17.0 Å².